The number of hydrogen-bond donors (Lipinski definition) is 2. The summed E-state index contributed by atoms with van der Waals surface area (Å²) in [5.41, 5.74) is 6.40. The number of amides is 1. The van der Waals surface area contributed by atoms with Crippen LogP contribution in [0.5, 0.6) is 11.5 Å². The summed E-state index contributed by atoms with van der Waals surface area (Å²) >= 11 is 1.56. The molecule has 3 aromatic rings. The summed E-state index contributed by atoms with van der Waals surface area (Å²) in [4.78, 5) is 21.2. The molecular formula is C24H26N4O3S. The Balaban J connectivity index is 1.53. The zero-order valence-electron chi connectivity index (χ0n) is 18.3. The number of aromatic hydroxyl groups is 1. The van der Waals surface area contributed by atoms with Crippen molar-refractivity contribution in [2.75, 3.05) is 6.61 Å². The molecule has 0 bridgehead atoms. The molecule has 2 aromatic carbocycles. The van der Waals surface area contributed by atoms with Crippen molar-refractivity contribution in [3.05, 3.63) is 76.6 Å². The molecule has 0 saturated heterocycles. The van der Waals surface area contributed by atoms with Crippen molar-refractivity contribution >= 4 is 23.9 Å². The molecule has 0 aliphatic rings. The summed E-state index contributed by atoms with van der Waals surface area (Å²) < 4.78 is 5.47. The molecule has 0 radical (unpaired) electrons. The van der Waals surface area contributed by atoms with Crippen LogP contribution >= 0.6 is 11.8 Å². The highest BCUT2D eigenvalue weighted by Crippen LogP contribution is 2.22. The van der Waals surface area contributed by atoms with Crippen LogP contribution in [0.3, 0.4) is 0 Å². The van der Waals surface area contributed by atoms with Crippen LogP contribution in [0.1, 0.15) is 46.2 Å². The lowest BCUT2D eigenvalue weighted by Crippen LogP contribution is -2.17. The molecule has 0 atom stereocenters. The summed E-state index contributed by atoms with van der Waals surface area (Å²) in [5, 5.41) is 14.8. The highest BCUT2D eigenvalue weighted by molar-refractivity contribution is 7.98. The lowest BCUT2D eigenvalue weighted by Gasteiger charge is -2.06. The number of phenolic OH excluding ortho intramolecular Hbond substituents is 1. The third-order valence-electron chi connectivity index (χ3n) is 4.39. The topological polar surface area (TPSA) is 96.7 Å². The highest BCUT2D eigenvalue weighted by Gasteiger charge is 2.07. The second-order valence-corrected chi connectivity index (χ2v) is 8.13. The summed E-state index contributed by atoms with van der Waals surface area (Å²) in [5.74, 6) is 1.000. The van der Waals surface area contributed by atoms with Crippen LogP contribution in [0.4, 0.5) is 0 Å². The average Bonchev–Trinajstić information content (AvgIpc) is 2.77. The minimum atomic E-state index is -0.333. The van der Waals surface area contributed by atoms with Gasteiger partial charge in [-0.3, -0.25) is 4.79 Å². The van der Waals surface area contributed by atoms with Crippen LogP contribution in [0, 0.1) is 13.8 Å². The van der Waals surface area contributed by atoms with Gasteiger partial charge in [0.2, 0.25) is 0 Å². The Morgan fingerprint density at radius 1 is 1.12 bits per heavy atom. The Hall–Kier alpha value is -3.39. The predicted octanol–water partition coefficient (Wildman–Crippen LogP) is 4.64. The molecular weight excluding hydrogens is 424 g/mol. The van der Waals surface area contributed by atoms with Crippen molar-refractivity contribution in [3.63, 3.8) is 0 Å². The van der Waals surface area contributed by atoms with E-state index >= 15 is 0 Å². The number of ether oxygens (including phenoxy) is 1. The number of phenols is 1. The van der Waals surface area contributed by atoms with E-state index in [-0.39, 0.29) is 11.7 Å². The number of nitrogens with zero attached hydrogens (tertiary/aromatic N) is 3. The van der Waals surface area contributed by atoms with Gasteiger partial charge in [-0.2, -0.15) is 5.10 Å². The first kappa shape index (κ1) is 23.3. The van der Waals surface area contributed by atoms with Gasteiger partial charge in [0.05, 0.1) is 12.8 Å². The SMILES string of the molecule is CCCOc1ccc(/C=N/NC(=O)c2ccc(CSc3nc(C)cc(C)n3)cc2)c(O)c1. The lowest BCUT2D eigenvalue weighted by molar-refractivity contribution is 0.0955. The van der Waals surface area contributed by atoms with Crippen LogP contribution < -0.4 is 10.2 Å². The zero-order chi connectivity index (χ0) is 22.9. The van der Waals surface area contributed by atoms with Crippen molar-refractivity contribution in [2.45, 2.75) is 38.1 Å². The molecule has 0 unspecified atom stereocenters. The van der Waals surface area contributed by atoms with Crippen LogP contribution in [-0.2, 0) is 5.75 Å². The van der Waals surface area contributed by atoms with Gasteiger partial charge in [0, 0.05) is 34.3 Å². The third-order valence-corrected chi connectivity index (χ3v) is 5.31. The van der Waals surface area contributed by atoms with Gasteiger partial charge in [0.1, 0.15) is 11.5 Å². The first-order valence-electron chi connectivity index (χ1n) is 10.3. The van der Waals surface area contributed by atoms with E-state index in [2.05, 4.69) is 20.5 Å². The van der Waals surface area contributed by atoms with Gasteiger partial charge in [-0.25, -0.2) is 15.4 Å². The Morgan fingerprint density at radius 2 is 1.84 bits per heavy atom. The van der Waals surface area contributed by atoms with E-state index in [0.717, 1.165) is 28.5 Å². The van der Waals surface area contributed by atoms with Gasteiger partial charge >= 0.3 is 0 Å². The molecule has 32 heavy (non-hydrogen) atoms. The van der Waals surface area contributed by atoms with Crippen molar-refractivity contribution < 1.29 is 14.6 Å². The van der Waals surface area contributed by atoms with E-state index in [0.29, 0.717) is 29.2 Å². The first-order valence-corrected chi connectivity index (χ1v) is 11.3. The van der Waals surface area contributed by atoms with Crippen molar-refractivity contribution in [1.82, 2.24) is 15.4 Å². The smallest absolute Gasteiger partial charge is 0.271 e. The van der Waals surface area contributed by atoms with Crippen molar-refractivity contribution in [3.8, 4) is 11.5 Å². The number of thioether (sulfide) groups is 1. The number of aromatic nitrogens is 2. The maximum Gasteiger partial charge on any atom is 0.271 e. The molecule has 3 rings (SSSR count). The van der Waals surface area contributed by atoms with Gasteiger partial charge in [-0.1, -0.05) is 30.8 Å². The third kappa shape index (κ3) is 6.81. The Labute approximate surface area is 192 Å². The fourth-order valence-corrected chi connectivity index (χ4v) is 3.73. The largest absolute Gasteiger partial charge is 0.507 e. The molecule has 0 aliphatic heterocycles. The second-order valence-electron chi connectivity index (χ2n) is 7.19. The normalized spacial score (nSPS) is 11.0. The number of benzene rings is 2. The monoisotopic (exact) mass is 450 g/mol. The van der Waals surface area contributed by atoms with Gasteiger partial charge in [0.25, 0.3) is 5.91 Å². The summed E-state index contributed by atoms with van der Waals surface area (Å²) in [6.45, 7) is 6.50. The van der Waals surface area contributed by atoms with Crippen molar-refractivity contribution in [2.24, 2.45) is 5.10 Å². The quantitative estimate of drug-likeness (QED) is 0.213. The Kier molecular flexibility index (Phi) is 8.21. The zero-order valence-corrected chi connectivity index (χ0v) is 19.1. The molecule has 1 amide bonds. The van der Waals surface area contributed by atoms with Crippen molar-refractivity contribution in [1.29, 1.82) is 0 Å². The molecule has 7 nitrogen and oxygen atoms in total. The van der Waals surface area contributed by atoms with Crippen LogP contribution in [0.15, 0.2) is 58.8 Å². The average molecular weight is 451 g/mol. The van der Waals surface area contributed by atoms with E-state index in [1.54, 1.807) is 36.0 Å². The molecule has 0 saturated carbocycles. The van der Waals surface area contributed by atoms with E-state index < -0.39 is 0 Å². The van der Waals surface area contributed by atoms with E-state index in [1.165, 1.54) is 12.3 Å². The first-order chi connectivity index (χ1) is 15.4. The molecule has 8 heteroatoms. The Bertz CT molecular complexity index is 1080. The molecule has 2 N–H and O–H groups in total. The highest BCUT2D eigenvalue weighted by atomic mass is 32.2. The predicted molar refractivity (Wildman–Crippen MR) is 126 cm³/mol. The molecule has 0 aliphatic carbocycles. The van der Waals surface area contributed by atoms with Gasteiger partial charge in [0.15, 0.2) is 5.16 Å². The number of hydrazone groups is 1. The molecule has 0 spiro atoms. The van der Waals surface area contributed by atoms with E-state index in [4.69, 9.17) is 4.74 Å². The number of carbonyl (C=O) groups excluding carboxylic acids is 1. The number of carbonyl (C=O) groups is 1. The molecule has 0 fully saturated rings. The minimum absolute atomic E-state index is 0.0336. The number of rotatable bonds is 9. The van der Waals surface area contributed by atoms with Crippen LogP contribution in [0.25, 0.3) is 0 Å². The fourth-order valence-electron chi connectivity index (χ4n) is 2.83. The molecule has 1 heterocycles. The number of nitrogens with one attached hydrogen (secondary N) is 1. The van der Waals surface area contributed by atoms with Gasteiger partial charge < -0.3 is 9.84 Å². The molecule has 1 aromatic heterocycles. The second kappa shape index (κ2) is 11.3. The summed E-state index contributed by atoms with van der Waals surface area (Å²) in [7, 11) is 0. The van der Waals surface area contributed by atoms with Crippen LogP contribution in [-0.4, -0.2) is 33.8 Å². The lowest BCUT2D eigenvalue weighted by atomic mass is 10.1. The van der Waals surface area contributed by atoms with Gasteiger partial charge in [-0.05, 0) is 56.2 Å². The number of hydrogen-bond acceptors (Lipinski definition) is 7. The maximum atomic E-state index is 12.3. The minimum Gasteiger partial charge on any atom is -0.507 e. The van der Waals surface area contributed by atoms with E-state index in [9.17, 15) is 9.90 Å². The maximum absolute atomic E-state index is 12.3. The Morgan fingerprint density at radius 3 is 2.50 bits per heavy atom. The standard InChI is InChI=1S/C24H26N4O3S/c1-4-11-31-21-10-9-20(22(29)13-21)14-25-28-23(30)19-7-5-18(6-8-19)15-32-24-26-16(2)12-17(3)27-24/h5-10,12-14,29H,4,11,15H2,1-3H3,(H,28,30)/b25-14+. The number of aryl methyl sites for hydroxylation is 2. The van der Waals surface area contributed by atoms with E-state index in [1.807, 2.05) is 39.0 Å². The summed E-state index contributed by atoms with van der Waals surface area (Å²) in [6, 6.07) is 14.2. The van der Waals surface area contributed by atoms with Crippen LogP contribution in [0.2, 0.25) is 0 Å². The fraction of sp³-hybridized carbons (Fsp3) is 0.250. The summed E-state index contributed by atoms with van der Waals surface area (Å²) in [6.07, 6.45) is 2.28. The molecule has 166 valence electrons. The van der Waals surface area contributed by atoms with Gasteiger partial charge in [-0.15, -0.1) is 0 Å².